The predicted octanol–water partition coefficient (Wildman–Crippen LogP) is 3.29. The van der Waals surface area contributed by atoms with Crippen LogP contribution in [-0.2, 0) is 10.0 Å². The van der Waals surface area contributed by atoms with Gasteiger partial charge in [-0.15, -0.1) is 0 Å². The second kappa shape index (κ2) is 8.85. The Bertz CT molecular complexity index is 1200. The highest BCUT2D eigenvalue weighted by atomic mass is 32.2. The van der Waals surface area contributed by atoms with Crippen LogP contribution in [0.3, 0.4) is 0 Å². The van der Waals surface area contributed by atoms with Crippen LogP contribution < -0.4 is 10.0 Å². The topological polar surface area (TPSA) is 101 Å². The van der Waals surface area contributed by atoms with Crippen molar-refractivity contribution in [3.05, 3.63) is 48.9 Å². The summed E-state index contributed by atoms with van der Waals surface area (Å²) >= 11 is 1.37. The quantitative estimate of drug-likeness (QED) is 0.374. The smallest absolute Gasteiger partial charge is 0.242 e. The maximum absolute atomic E-state index is 12.6. The SMILES string of the molecule is O=S(=O)(NCCCCCCNc1nsc2nccn12)c1cccc2cccnc12. The van der Waals surface area contributed by atoms with E-state index in [0.717, 1.165) is 48.5 Å². The number of hydrogen-bond acceptors (Lipinski definition) is 7. The molecule has 152 valence electrons. The van der Waals surface area contributed by atoms with Gasteiger partial charge in [0.05, 0.1) is 5.52 Å². The van der Waals surface area contributed by atoms with Gasteiger partial charge in [0.25, 0.3) is 0 Å². The third-order valence-corrected chi connectivity index (χ3v) is 6.83. The Hall–Kier alpha value is -2.56. The molecule has 0 aliphatic carbocycles. The Kier molecular flexibility index (Phi) is 6.02. The highest BCUT2D eigenvalue weighted by Gasteiger charge is 2.17. The van der Waals surface area contributed by atoms with Gasteiger partial charge in [0.15, 0.2) is 0 Å². The van der Waals surface area contributed by atoms with Crippen molar-refractivity contribution in [3.8, 4) is 0 Å². The second-order valence-corrected chi connectivity index (χ2v) is 9.12. The van der Waals surface area contributed by atoms with Gasteiger partial charge in [-0.05, 0) is 25.0 Å². The van der Waals surface area contributed by atoms with Crippen molar-refractivity contribution >= 4 is 43.4 Å². The lowest BCUT2D eigenvalue weighted by Gasteiger charge is -2.09. The molecule has 0 radical (unpaired) electrons. The van der Waals surface area contributed by atoms with Gasteiger partial charge in [-0.1, -0.05) is 31.0 Å². The molecule has 8 nitrogen and oxygen atoms in total. The molecule has 0 unspecified atom stereocenters. The number of pyridine rings is 1. The number of aromatic nitrogens is 4. The maximum atomic E-state index is 12.6. The highest BCUT2D eigenvalue weighted by molar-refractivity contribution is 7.89. The van der Waals surface area contributed by atoms with Crippen molar-refractivity contribution in [2.45, 2.75) is 30.6 Å². The summed E-state index contributed by atoms with van der Waals surface area (Å²) in [6, 6.07) is 8.86. The number of fused-ring (bicyclic) bond motifs is 2. The first-order chi connectivity index (χ1) is 14.1. The van der Waals surface area contributed by atoms with Gasteiger partial charge in [0, 0.05) is 48.6 Å². The molecular weight excluding hydrogens is 408 g/mol. The summed E-state index contributed by atoms with van der Waals surface area (Å²) in [5.41, 5.74) is 0.502. The van der Waals surface area contributed by atoms with Gasteiger partial charge in [-0.3, -0.25) is 9.38 Å². The molecule has 29 heavy (non-hydrogen) atoms. The van der Waals surface area contributed by atoms with Crippen molar-refractivity contribution in [1.82, 2.24) is 23.5 Å². The standard InChI is InChI=1S/C19H22N6O2S2/c26-29(27,16-9-5-7-15-8-6-11-20-17(15)16)23-12-4-2-1-3-10-21-18-24-28-19-22-13-14-25(18)19/h5-9,11,13-14,23H,1-4,10,12H2,(H,21,24). The molecule has 10 heteroatoms. The van der Waals surface area contributed by atoms with Crippen LogP contribution in [0, 0.1) is 0 Å². The largest absolute Gasteiger partial charge is 0.355 e. The Balaban J connectivity index is 1.19. The average Bonchev–Trinajstić information content (AvgIpc) is 3.34. The third kappa shape index (κ3) is 4.55. The van der Waals surface area contributed by atoms with Crippen molar-refractivity contribution in [3.63, 3.8) is 0 Å². The van der Waals surface area contributed by atoms with Crippen LogP contribution in [0.25, 0.3) is 15.9 Å². The molecule has 0 saturated heterocycles. The lowest BCUT2D eigenvalue weighted by molar-refractivity contribution is 0.573. The van der Waals surface area contributed by atoms with Crippen LogP contribution in [0.4, 0.5) is 5.95 Å². The van der Waals surface area contributed by atoms with Gasteiger partial charge in [0.2, 0.25) is 20.9 Å². The fourth-order valence-corrected chi connectivity index (χ4v) is 5.06. The van der Waals surface area contributed by atoms with Gasteiger partial charge < -0.3 is 5.32 Å². The van der Waals surface area contributed by atoms with Crippen molar-refractivity contribution in [2.75, 3.05) is 18.4 Å². The zero-order chi connectivity index (χ0) is 20.1. The number of unbranched alkanes of at least 4 members (excludes halogenated alkanes) is 3. The number of nitrogens with zero attached hydrogens (tertiary/aromatic N) is 4. The van der Waals surface area contributed by atoms with E-state index < -0.39 is 10.0 Å². The van der Waals surface area contributed by atoms with Crippen LogP contribution in [0.1, 0.15) is 25.7 Å². The van der Waals surface area contributed by atoms with Crippen LogP contribution in [0.2, 0.25) is 0 Å². The molecule has 0 bridgehead atoms. The van der Waals surface area contributed by atoms with Crippen LogP contribution in [0.15, 0.2) is 53.8 Å². The Morgan fingerprint density at radius 3 is 2.69 bits per heavy atom. The van der Waals surface area contributed by atoms with Crippen LogP contribution in [-0.4, -0.2) is 40.2 Å². The van der Waals surface area contributed by atoms with Crippen molar-refractivity contribution in [2.24, 2.45) is 0 Å². The fraction of sp³-hybridized carbons (Fsp3) is 0.316. The van der Waals surface area contributed by atoms with Gasteiger partial charge in [-0.2, -0.15) is 4.37 Å². The van der Waals surface area contributed by atoms with Crippen LogP contribution in [0.5, 0.6) is 0 Å². The summed E-state index contributed by atoms with van der Waals surface area (Å²) in [6.07, 6.45) is 9.01. The van der Waals surface area contributed by atoms with E-state index in [4.69, 9.17) is 0 Å². The normalized spacial score (nSPS) is 12.0. The second-order valence-electron chi connectivity index (χ2n) is 6.66. The third-order valence-electron chi connectivity index (χ3n) is 4.61. The van der Waals surface area contributed by atoms with E-state index in [1.54, 1.807) is 30.6 Å². The molecule has 1 aromatic carbocycles. The summed E-state index contributed by atoms with van der Waals surface area (Å²) < 4.78 is 34.2. The summed E-state index contributed by atoms with van der Waals surface area (Å²) in [4.78, 5) is 9.53. The van der Waals surface area contributed by atoms with E-state index >= 15 is 0 Å². The van der Waals surface area contributed by atoms with Gasteiger partial charge in [-0.25, -0.2) is 18.1 Å². The first-order valence-corrected chi connectivity index (χ1v) is 11.8. The monoisotopic (exact) mass is 430 g/mol. The average molecular weight is 431 g/mol. The molecule has 3 heterocycles. The van der Waals surface area contributed by atoms with E-state index in [2.05, 4.69) is 24.4 Å². The molecule has 0 spiro atoms. The molecule has 0 saturated carbocycles. The first-order valence-electron chi connectivity index (χ1n) is 9.51. The summed E-state index contributed by atoms with van der Waals surface area (Å²) in [6.45, 7) is 1.24. The zero-order valence-electron chi connectivity index (χ0n) is 15.8. The molecule has 2 N–H and O–H groups in total. The number of nitrogens with one attached hydrogen (secondary N) is 2. The summed E-state index contributed by atoms with van der Waals surface area (Å²) in [5, 5.41) is 4.13. The van der Waals surface area contributed by atoms with Crippen LogP contribution >= 0.6 is 11.5 Å². The molecule has 0 amide bonds. The van der Waals surface area contributed by atoms with E-state index in [0.29, 0.717) is 12.1 Å². The highest BCUT2D eigenvalue weighted by Crippen LogP contribution is 2.20. The molecule has 4 aromatic rings. The molecule has 4 rings (SSSR count). The summed E-state index contributed by atoms with van der Waals surface area (Å²) in [5.74, 6) is 0.818. The number of rotatable bonds is 10. The fourth-order valence-electron chi connectivity index (χ4n) is 3.15. The lowest BCUT2D eigenvalue weighted by atomic mass is 10.2. The van der Waals surface area contributed by atoms with Gasteiger partial charge >= 0.3 is 0 Å². The number of benzene rings is 1. The minimum Gasteiger partial charge on any atom is -0.355 e. The molecule has 0 aliphatic rings. The molecular formula is C19H22N6O2S2. The Morgan fingerprint density at radius 2 is 1.79 bits per heavy atom. The zero-order valence-corrected chi connectivity index (χ0v) is 17.4. The van der Waals surface area contributed by atoms with E-state index in [1.807, 2.05) is 22.7 Å². The number of hydrogen-bond donors (Lipinski definition) is 2. The number of imidazole rings is 1. The maximum Gasteiger partial charge on any atom is 0.242 e. The Morgan fingerprint density at radius 1 is 0.966 bits per heavy atom. The van der Waals surface area contributed by atoms with E-state index in [-0.39, 0.29) is 4.90 Å². The summed E-state index contributed by atoms with van der Waals surface area (Å²) in [7, 11) is -3.57. The number of sulfonamides is 1. The first kappa shape index (κ1) is 19.7. The van der Waals surface area contributed by atoms with E-state index in [1.165, 1.54) is 11.5 Å². The molecule has 0 fully saturated rings. The molecule has 3 aromatic heterocycles. The Labute approximate surface area is 173 Å². The van der Waals surface area contributed by atoms with Crippen molar-refractivity contribution in [1.29, 1.82) is 0 Å². The van der Waals surface area contributed by atoms with Gasteiger partial charge in [0.1, 0.15) is 4.90 Å². The molecule has 0 atom stereocenters. The minimum absolute atomic E-state index is 0.230. The lowest BCUT2D eigenvalue weighted by Crippen LogP contribution is -2.25. The minimum atomic E-state index is -3.57. The predicted molar refractivity (Wildman–Crippen MR) is 115 cm³/mol. The van der Waals surface area contributed by atoms with Crippen molar-refractivity contribution < 1.29 is 8.42 Å². The molecule has 0 aliphatic heterocycles. The number of anilines is 1. The number of para-hydroxylation sites is 1. The van der Waals surface area contributed by atoms with E-state index in [9.17, 15) is 8.42 Å².